The zero-order valence-electron chi connectivity index (χ0n) is 14.5. The van der Waals surface area contributed by atoms with Gasteiger partial charge < -0.3 is 19.8 Å². The second kappa shape index (κ2) is 9.77. The lowest BCUT2D eigenvalue weighted by Crippen LogP contribution is -2.51. The van der Waals surface area contributed by atoms with E-state index in [2.05, 4.69) is 28.9 Å². The Labute approximate surface area is 147 Å². The molecule has 2 aliphatic rings. The van der Waals surface area contributed by atoms with Gasteiger partial charge in [-0.25, -0.2) is 9.59 Å². The van der Waals surface area contributed by atoms with Crippen molar-refractivity contribution >= 4 is 18.2 Å². The molecule has 0 bridgehead atoms. The minimum Gasteiger partial charge on any atom is -0.478 e. The molecule has 25 heavy (non-hydrogen) atoms. The van der Waals surface area contributed by atoms with Gasteiger partial charge in [-0.3, -0.25) is 4.99 Å². The number of methoxy groups -OCH3 is 1. The summed E-state index contributed by atoms with van der Waals surface area (Å²) in [6.45, 7) is 1.85. The van der Waals surface area contributed by atoms with Crippen molar-refractivity contribution in [2.24, 2.45) is 10.4 Å². The monoisotopic (exact) mass is 348 g/mol. The molecule has 3 unspecified atom stereocenters. The van der Waals surface area contributed by atoms with Gasteiger partial charge in [0.05, 0.1) is 12.0 Å². The van der Waals surface area contributed by atoms with Gasteiger partial charge in [-0.15, -0.1) is 6.42 Å². The lowest BCUT2D eigenvalue weighted by Gasteiger charge is -2.42. The van der Waals surface area contributed by atoms with E-state index < -0.39 is 11.9 Å². The second-order valence-electron chi connectivity index (χ2n) is 5.89. The molecule has 2 heterocycles. The average molecular weight is 348 g/mol. The van der Waals surface area contributed by atoms with Crippen molar-refractivity contribution in [2.45, 2.75) is 25.0 Å². The van der Waals surface area contributed by atoms with Crippen molar-refractivity contribution in [1.29, 1.82) is 0 Å². The Morgan fingerprint density at radius 2 is 2.08 bits per heavy atom. The van der Waals surface area contributed by atoms with E-state index in [1.165, 1.54) is 6.42 Å². The number of carboxylic acid groups (broad SMARTS) is 2. The first-order valence-electron chi connectivity index (χ1n) is 7.88. The van der Waals surface area contributed by atoms with Crippen LogP contribution >= 0.6 is 0 Å². The van der Waals surface area contributed by atoms with Crippen LogP contribution in [0.3, 0.4) is 0 Å². The molecule has 1 saturated heterocycles. The Bertz CT molecular complexity index is 589. The summed E-state index contributed by atoms with van der Waals surface area (Å²) < 4.78 is 5.52. The van der Waals surface area contributed by atoms with Crippen molar-refractivity contribution in [3.8, 4) is 12.3 Å². The van der Waals surface area contributed by atoms with Gasteiger partial charge in [0.2, 0.25) is 0 Å². The highest BCUT2D eigenvalue weighted by molar-refractivity contribution is 5.89. The molecule has 0 aliphatic carbocycles. The molecule has 2 N–H and O–H groups in total. The van der Waals surface area contributed by atoms with Crippen LogP contribution in [-0.2, 0) is 14.3 Å². The molecule has 1 fully saturated rings. The van der Waals surface area contributed by atoms with E-state index in [1.54, 1.807) is 7.11 Å². The number of hydrogen-bond acceptors (Lipinski definition) is 5. The number of allylic oxidation sites excluding steroid dienone is 1. The highest BCUT2D eigenvalue weighted by Crippen LogP contribution is 2.39. The van der Waals surface area contributed by atoms with Crippen LogP contribution in [-0.4, -0.2) is 72.7 Å². The van der Waals surface area contributed by atoms with Gasteiger partial charge >= 0.3 is 11.9 Å². The van der Waals surface area contributed by atoms with Crippen LogP contribution < -0.4 is 0 Å². The molecule has 0 saturated carbocycles. The van der Waals surface area contributed by atoms with Gasteiger partial charge in [0.1, 0.15) is 6.10 Å². The standard InChI is InChI=1S/C14H20N2O.C4H4O4/c1-4-13(17-3)14(8-6-9-15-11-14)12-7-5-10-16(12)2;5-3(6)1-2-4(7)8/h1,6,8-9,12-13H,5,7,10-11H2,2-3H3;1-2H,(H,5,6)(H,7,8). The number of ether oxygens (including phenoxy) is 1. The molecule has 2 aliphatic heterocycles. The fourth-order valence-electron chi connectivity index (χ4n) is 3.28. The van der Waals surface area contributed by atoms with Crippen molar-refractivity contribution in [3.63, 3.8) is 0 Å². The number of rotatable bonds is 5. The van der Waals surface area contributed by atoms with Gasteiger partial charge in [-0.1, -0.05) is 12.0 Å². The third kappa shape index (κ3) is 5.55. The van der Waals surface area contributed by atoms with Crippen LogP contribution in [0.2, 0.25) is 0 Å². The van der Waals surface area contributed by atoms with Crippen LogP contribution in [0.5, 0.6) is 0 Å². The molecule has 0 amide bonds. The Hall–Kier alpha value is -2.43. The van der Waals surface area contributed by atoms with E-state index in [0.717, 1.165) is 19.5 Å². The fourth-order valence-corrected chi connectivity index (χ4v) is 3.28. The highest BCUT2D eigenvalue weighted by Gasteiger charge is 2.47. The SMILES string of the molecule is C#CC(OC)C1(C2CCCN2C)C=CC=NC1.O=C(O)C=CC(=O)O. The molecular weight excluding hydrogens is 324 g/mol. The number of aliphatic carboxylic acids is 2. The topological polar surface area (TPSA) is 99.4 Å². The number of dihydropyridines is 1. The van der Waals surface area contributed by atoms with E-state index in [1.807, 2.05) is 12.3 Å². The maximum atomic E-state index is 9.55. The molecule has 0 aromatic rings. The molecule has 3 atom stereocenters. The summed E-state index contributed by atoms with van der Waals surface area (Å²) >= 11 is 0. The van der Waals surface area contributed by atoms with Crippen molar-refractivity contribution in [1.82, 2.24) is 4.90 Å². The molecule has 0 aromatic carbocycles. The van der Waals surface area contributed by atoms with E-state index in [4.69, 9.17) is 21.4 Å². The average Bonchev–Trinajstić information content (AvgIpc) is 3.02. The van der Waals surface area contributed by atoms with E-state index in [9.17, 15) is 9.59 Å². The van der Waals surface area contributed by atoms with Gasteiger partial charge in [0, 0.05) is 31.5 Å². The first-order chi connectivity index (χ1) is 11.9. The minimum absolute atomic E-state index is 0.163. The van der Waals surface area contributed by atoms with Gasteiger partial charge in [-0.05, 0) is 32.5 Å². The summed E-state index contributed by atoms with van der Waals surface area (Å²) in [7, 11) is 3.85. The van der Waals surface area contributed by atoms with Crippen LogP contribution in [0.15, 0.2) is 29.3 Å². The van der Waals surface area contributed by atoms with Gasteiger partial charge in [-0.2, -0.15) is 0 Å². The fraction of sp³-hybridized carbons (Fsp3) is 0.500. The summed E-state index contributed by atoms with van der Waals surface area (Å²) in [6.07, 6.45) is 15.0. The molecule has 7 nitrogen and oxygen atoms in total. The smallest absolute Gasteiger partial charge is 0.328 e. The predicted octanol–water partition coefficient (Wildman–Crippen LogP) is 1.07. The number of nitrogens with zero attached hydrogens (tertiary/aromatic N) is 2. The molecule has 7 heteroatoms. The Morgan fingerprint density at radius 1 is 1.44 bits per heavy atom. The molecule has 2 rings (SSSR count). The van der Waals surface area contributed by atoms with E-state index in [-0.39, 0.29) is 11.5 Å². The van der Waals surface area contributed by atoms with Gasteiger partial charge in [0.15, 0.2) is 0 Å². The number of carbonyl (C=O) groups is 2. The van der Waals surface area contributed by atoms with E-state index >= 15 is 0 Å². The molecule has 0 spiro atoms. The largest absolute Gasteiger partial charge is 0.478 e. The maximum absolute atomic E-state index is 9.55. The van der Waals surface area contributed by atoms with Crippen molar-refractivity contribution in [3.05, 3.63) is 24.3 Å². The summed E-state index contributed by atoms with van der Waals surface area (Å²) in [5.74, 6) is 0.272. The second-order valence-corrected chi connectivity index (χ2v) is 5.89. The number of terminal acetylenes is 1. The highest BCUT2D eigenvalue weighted by atomic mass is 16.5. The molecule has 0 aromatic heterocycles. The number of hydrogen-bond donors (Lipinski definition) is 2. The minimum atomic E-state index is -1.26. The van der Waals surface area contributed by atoms with Crippen LogP contribution in [0.25, 0.3) is 0 Å². The Kier molecular flexibility index (Phi) is 8.05. The quantitative estimate of drug-likeness (QED) is 0.569. The third-order valence-corrected chi connectivity index (χ3v) is 4.35. The first-order valence-corrected chi connectivity index (χ1v) is 7.88. The van der Waals surface area contributed by atoms with Crippen LogP contribution in [0, 0.1) is 17.8 Å². The Balaban J connectivity index is 0.000000333. The third-order valence-electron chi connectivity index (χ3n) is 4.35. The number of aliphatic imine (C=N–C) groups is 1. The van der Waals surface area contributed by atoms with Crippen molar-refractivity contribution in [2.75, 3.05) is 27.2 Å². The summed E-state index contributed by atoms with van der Waals surface area (Å²) in [5.41, 5.74) is -0.163. The normalized spacial score (nSPS) is 26.7. The first kappa shape index (κ1) is 20.6. The number of carboxylic acids is 2. The van der Waals surface area contributed by atoms with Crippen molar-refractivity contribution < 1.29 is 24.5 Å². The van der Waals surface area contributed by atoms with Crippen LogP contribution in [0.1, 0.15) is 12.8 Å². The Morgan fingerprint density at radius 3 is 2.44 bits per heavy atom. The zero-order chi connectivity index (χ0) is 18.9. The van der Waals surface area contributed by atoms with E-state index in [0.29, 0.717) is 18.2 Å². The maximum Gasteiger partial charge on any atom is 0.328 e. The summed E-state index contributed by atoms with van der Waals surface area (Å²) in [6, 6.07) is 0.428. The molecule has 0 radical (unpaired) electrons. The van der Waals surface area contributed by atoms with Gasteiger partial charge in [0.25, 0.3) is 0 Å². The zero-order valence-corrected chi connectivity index (χ0v) is 14.5. The lowest BCUT2D eigenvalue weighted by molar-refractivity contribution is -0.134. The summed E-state index contributed by atoms with van der Waals surface area (Å²) in [5, 5.41) is 15.6. The lowest BCUT2D eigenvalue weighted by atomic mass is 9.73. The number of likely N-dealkylation sites (tertiary alicyclic amines) is 1. The predicted molar refractivity (Wildman–Crippen MR) is 94.6 cm³/mol. The molecular formula is C18H24N2O5. The van der Waals surface area contributed by atoms with Crippen LogP contribution in [0.4, 0.5) is 0 Å². The molecule has 136 valence electrons. The summed E-state index contributed by atoms with van der Waals surface area (Å²) in [4.78, 5) is 25.9.